The van der Waals surface area contributed by atoms with E-state index in [-0.39, 0.29) is 13.5 Å². The van der Waals surface area contributed by atoms with E-state index in [1.165, 1.54) is 5.23 Å². The van der Waals surface area contributed by atoms with Crippen molar-refractivity contribution in [1.29, 1.82) is 0 Å². The van der Waals surface area contributed by atoms with Crippen molar-refractivity contribution in [3.05, 3.63) is 11.9 Å². The van der Waals surface area contributed by atoms with Crippen LogP contribution in [0, 0.1) is 0 Å². The van der Waals surface area contributed by atoms with Crippen LogP contribution in [0.15, 0.2) is 17.0 Å². The summed E-state index contributed by atoms with van der Waals surface area (Å²) in [6.45, 7) is 1.75. The molecule has 0 aromatic heterocycles. The molecule has 0 atom stereocenters. The molecule has 12 heteroatoms. The summed E-state index contributed by atoms with van der Waals surface area (Å²) in [5, 5.41) is 7.86. The fourth-order valence-electron chi connectivity index (χ4n) is 2.27. The van der Waals surface area contributed by atoms with Gasteiger partial charge in [0.1, 0.15) is 46.2 Å². The van der Waals surface area contributed by atoms with Crippen molar-refractivity contribution in [2.24, 2.45) is 5.10 Å². The molecule has 1 heterocycles. The number of hydrogen-bond donors (Lipinski definition) is 1. The van der Waals surface area contributed by atoms with Gasteiger partial charge in [0.25, 0.3) is 0 Å². The molecule has 0 saturated carbocycles. The minimum absolute atomic E-state index is 0.258. The number of methoxy groups -OCH3 is 6. The molecule has 0 bridgehead atoms. The van der Waals surface area contributed by atoms with Gasteiger partial charge in [-0.05, 0) is 0 Å². The molecule has 1 rings (SSSR count). The first kappa shape index (κ1) is 23.4. The van der Waals surface area contributed by atoms with Gasteiger partial charge in [-0.15, -0.1) is 15.3 Å². The Labute approximate surface area is 160 Å². The van der Waals surface area contributed by atoms with Crippen LogP contribution >= 0.6 is 0 Å². The summed E-state index contributed by atoms with van der Waals surface area (Å²) in [6.07, 6.45) is 1.85. The van der Waals surface area contributed by atoms with E-state index < -0.39 is 0 Å². The normalized spacial score (nSPS) is 14.1. The first-order valence-corrected chi connectivity index (χ1v) is 8.20. The van der Waals surface area contributed by atoms with E-state index in [9.17, 15) is 0 Å². The Morgan fingerprint density at radius 2 is 1.19 bits per heavy atom. The van der Waals surface area contributed by atoms with Gasteiger partial charge in [0.2, 0.25) is 0 Å². The first-order valence-electron chi connectivity index (χ1n) is 8.20. The molecule has 12 nitrogen and oxygen atoms in total. The van der Waals surface area contributed by atoms with E-state index in [2.05, 4.69) is 10.5 Å². The SMILES string of the molecule is COCN(COC)C1=CC(N(COC)COC)=NN(N(COC)COC)N1. The molecule has 1 aliphatic heterocycles. The Hall–Kier alpha value is -1.67. The van der Waals surface area contributed by atoms with Gasteiger partial charge in [0.05, 0.1) is 0 Å². The van der Waals surface area contributed by atoms with Crippen LogP contribution in [0.3, 0.4) is 0 Å². The Morgan fingerprint density at radius 1 is 0.741 bits per heavy atom. The van der Waals surface area contributed by atoms with Gasteiger partial charge in [-0.1, -0.05) is 0 Å². The lowest BCUT2D eigenvalue weighted by Gasteiger charge is -2.39. The molecule has 0 aromatic rings. The molecule has 27 heavy (non-hydrogen) atoms. The van der Waals surface area contributed by atoms with Gasteiger partial charge in [0, 0.05) is 48.7 Å². The van der Waals surface area contributed by atoms with Crippen molar-refractivity contribution < 1.29 is 28.4 Å². The summed E-state index contributed by atoms with van der Waals surface area (Å²) in [4.78, 5) is 3.68. The molecule has 0 radical (unpaired) electrons. The maximum Gasteiger partial charge on any atom is 0.159 e. The van der Waals surface area contributed by atoms with Crippen LogP contribution in [0.2, 0.25) is 0 Å². The van der Waals surface area contributed by atoms with Gasteiger partial charge in [0.15, 0.2) is 5.84 Å². The van der Waals surface area contributed by atoms with Crippen LogP contribution in [0.25, 0.3) is 0 Å². The number of hydrazone groups is 1. The van der Waals surface area contributed by atoms with Crippen molar-refractivity contribution >= 4 is 5.84 Å². The second kappa shape index (κ2) is 13.5. The largest absolute Gasteiger partial charge is 0.367 e. The highest BCUT2D eigenvalue weighted by Gasteiger charge is 2.25. The molecule has 0 fully saturated rings. The molecule has 0 amide bonds. The molecule has 0 spiro atoms. The maximum absolute atomic E-state index is 5.27. The topological polar surface area (TPSA) is 92.7 Å². The number of amidine groups is 1. The molecule has 1 N–H and O–H groups in total. The summed E-state index contributed by atoms with van der Waals surface area (Å²) in [7, 11) is 9.64. The highest BCUT2D eigenvalue weighted by atomic mass is 16.5. The molecular formula is C15H32N6O6. The molecule has 0 aliphatic carbocycles. The summed E-state index contributed by atoms with van der Waals surface area (Å²) in [5.74, 6) is 1.32. The lowest BCUT2D eigenvalue weighted by molar-refractivity contribution is -0.172. The Morgan fingerprint density at radius 3 is 1.63 bits per heavy atom. The van der Waals surface area contributed by atoms with Crippen molar-refractivity contribution in [3.8, 4) is 0 Å². The summed E-state index contributed by atoms with van der Waals surface area (Å²) in [6, 6.07) is 0. The molecule has 158 valence electrons. The van der Waals surface area contributed by atoms with Crippen molar-refractivity contribution in [2.75, 3.05) is 83.0 Å². The maximum atomic E-state index is 5.27. The fourth-order valence-corrected chi connectivity index (χ4v) is 2.27. The predicted molar refractivity (Wildman–Crippen MR) is 97.3 cm³/mol. The van der Waals surface area contributed by atoms with E-state index in [0.717, 1.165) is 0 Å². The second-order valence-electron chi connectivity index (χ2n) is 5.48. The highest BCUT2D eigenvalue weighted by Crippen LogP contribution is 2.13. The van der Waals surface area contributed by atoms with Crippen molar-refractivity contribution in [3.63, 3.8) is 0 Å². The fraction of sp³-hybridized carbons (Fsp3) is 0.800. The zero-order valence-corrected chi connectivity index (χ0v) is 17.0. The van der Waals surface area contributed by atoms with Crippen LogP contribution in [-0.4, -0.2) is 109 Å². The standard InChI is InChI=1S/C15H32N6O6/c1-22-8-18(9-23-2)14-7-15(19(10-24-3)11-25-4)17-21(16-14)20(12-26-5)13-27-6/h7,16H,8-13H2,1-6H3. The second-order valence-corrected chi connectivity index (χ2v) is 5.48. The lowest BCUT2D eigenvalue weighted by atomic mass is 10.4. The summed E-state index contributed by atoms with van der Waals surface area (Å²) >= 11 is 0. The monoisotopic (exact) mass is 392 g/mol. The Kier molecular flexibility index (Phi) is 11.7. The number of nitrogens with zero attached hydrogens (tertiary/aromatic N) is 5. The zero-order valence-electron chi connectivity index (χ0n) is 17.0. The van der Waals surface area contributed by atoms with Gasteiger partial charge in [-0.25, -0.2) is 0 Å². The summed E-state index contributed by atoms with van der Waals surface area (Å²) in [5.41, 5.74) is 3.19. The Bertz CT molecular complexity index is 448. The van der Waals surface area contributed by atoms with E-state index in [0.29, 0.717) is 38.6 Å². The average Bonchev–Trinajstić information content (AvgIpc) is 2.67. The average molecular weight is 392 g/mol. The predicted octanol–water partition coefficient (Wildman–Crippen LogP) is -0.594. The third-order valence-corrected chi connectivity index (χ3v) is 3.31. The van der Waals surface area contributed by atoms with Crippen LogP contribution in [0.5, 0.6) is 0 Å². The smallest absolute Gasteiger partial charge is 0.159 e. The van der Waals surface area contributed by atoms with E-state index in [1.807, 2.05) is 15.9 Å². The van der Waals surface area contributed by atoms with E-state index in [4.69, 9.17) is 28.4 Å². The number of hydrogen-bond acceptors (Lipinski definition) is 12. The molecule has 0 aromatic carbocycles. The summed E-state index contributed by atoms with van der Waals surface area (Å²) < 4.78 is 31.5. The van der Waals surface area contributed by atoms with Crippen LogP contribution in [0.1, 0.15) is 0 Å². The molecule has 0 saturated heterocycles. The lowest BCUT2D eigenvalue weighted by Crippen LogP contribution is -2.55. The van der Waals surface area contributed by atoms with Crippen molar-refractivity contribution in [2.45, 2.75) is 0 Å². The van der Waals surface area contributed by atoms with Gasteiger partial charge < -0.3 is 38.2 Å². The number of ether oxygens (including phenoxy) is 6. The van der Waals surface area contributed by atoms with Crippen LogP contribution < -0.4 is 5.43 Å². The van der Waals surface area contributed by atoms with E-state index >= 15 is 0 Å². The zero-order chi connectivity index (χ0) is 20.1. The quantitative estimate of drug-likeness (QED) is 0.384. The number of nitrogens with one attached hydrogen (secondary N) is 1. The molecular weight excluding hydrogens is 360 g/mol. The third-order valence-electron chi connectivity index (χ3n) is 3.31. The van der Waals surface area contributed by atoms with Crippen molar-refractivity contribution in [1.82, 2.24) is 25.5 Å². The minimum atomic E-state index is 0.258. The van der Waals surface area contributed by atoms with Crippen LogP contribution in [-0.2, 0) is 28.4 Å². The van der Waals surface area contributed by atoms with Gasteiger partial charge >= 0.3 is 0 Å². The van der Waals surface area contributed by atoms with Gasteiger partial charge in [-0.2, -0.15) is 0 Å². The minimum Gasteiger partial charge on any atom is -0.367 e. The number of hydrazine groups is 2. The Balaban J connectivity index is 3.19. The van der Waals surface area contributed by atoms with E-state index in [1.54, 1.807) is 47.7 Å². The number of rotatable bonds is 14. The molecule has 1 aliphatic rings. The van der Waals surface area contributed by atoms with Crippen LogP contribution in [0.4, 0.5) is 0 Å². The first-order chi connectivity index (χ1) is 13.1. The van der Waals surface area contributed by atoms with Gasteiger partial charge in [-0.3, -0.25) is 5.43 Å². The highest BCUT2D eigenvalue weighted by molar-refractivity contribution is 5.93. The molecule has 0 unspecified atom stereocenters. The third kappa shape index (κ3) is 7.46.